The quantitative estimate of drug-likeness (QED) is 0.445. The SMILES string of the molecule is Cc1cc(NCCCC(N)=O)ccc1[N+](=O)[O-]. The molecule has 0 atom stereocenters. The van der Waals surface area contributed by atoms with Crippen molar-refractivity contribution in [3.8, 4) is 0 Å². The summed E-state index contributed by atoms with van der Waals surface area (Å²) in [5.74, 6) is -0.327. The van der Waals surface area contributed by atoms with E-state index in [4.69, 9.17) is 5.73 Å². The zero-order chi connectivity index (χ0) is 12.8. The summed E-state index contributed by atoms with van der Waals surface area (Å²) in [6.45, 7) is 2.30. The number of amides is 1. The standard InChI is InChI=1S/C11H15N3O3/c1-8-7-9(4-5-10(8)14(16)17)13-6-2-3-11(12)15/h4-5,7,13H,2-3,6H2,1H3,(H2,12,15). The Morgan fingerprint density at radius 3 is 2.76 bits per heavy atom. The summed E-state index contributed by atoms with van der Waals surface area (Å²) in [5.41, 5.74) is 6.52. The molecule has 6 heteroatoms. The highest BCUT2D eigenvalue weighted by atomic mass is 16.6. The second-order valence-electron chi connectivity index (χ2n) is 3.76. The molecule has 3 N–H and O–H groups in total. The van der Waals surface area contributed by atoms with Gasteiger partial charge >= 0.3 is 0 Å². The topological polar surface area (TPSA) is 98.3 Å². The molecular formula is C11H15N3O3. The molecule has 17 heavy (non-hydrogen) atoms. The lowest BCUT2D eigenvalue weighted by Gasteiger charge is -2.06. The molecular weight excluding hydrogens is 222 g/mol. The second kappa shape index (κ2) is 5.83. The van der Waals surface area contributed by atoms with Gasteiger partial charge in [-0.25, -0.2) is 0 Å². The molecule has 0 radical (unpaired) electrons. The smallest absolute Gasteiger partial charge is 0.272 e. The third-order valence-corrected chi connectivity index (χ3v) is 2.32. The number of nitro benzene ring substituents is 1. The lowest BCUT2D eigenvalue weighted by molar-refractivity contribution is -0.385. The lowest BCUT2D eigenvalue weighted by atomic mass is 10.2. The summed E-state index contributed by atoms with van der Waals surface area (Å²) < 4.78 is 0. The van der Waals surface area contributed by atoms with E-state index in [2.05, 4.69) is 5.32 Å². The Morgan fingerprint density at radius 1 is 1.53 bits per heavy atom. The van der Waals surface area contributed by atoms with Gasteiger partial charge in [0.1, 0.15) is 0 Å². The molecule has 1 amide bonds. The molecule has 0 saturated carbocycles. The van der Waals surface area contributed by atoms with Crippen molar-refractivity contribution in [1.29, 1.82) is 0 Å². The summed E-state index contributed by atoms with van der Waals surface area (Å²) in [6, 6.07) is 4.82. The Balaban J connectivity index is 2.53. The van der Waals surface area contributed by atoms with Crippen molar-refractivity contribution >= 4 is 17.3 Å². The Labute approximate surface area is 99.0 Å². The Bertz CT molecular complexity index is 432. The number of aryl methyl sites for hydroxylation is 1. The first kappa shape index (κ1) is 13.0. The first-order chi connectivity index (χ1) is 8.00. The summed E-state index contributed by atoms with van der Waals surface area (Å²) in [5, 5.41) is 13.7. The van der Waals surface area contributed by atoms with Crippen LogP contribution in [0.5, 0.6) is 0 Å². The fourth-order valence-corrected chi connectivity index (χ4v) is 1.47. The minimum absolute atomic E-state index is 0.104. The van der Waals surface area contributed by atoms with Gasteiger partial charge in [-0.05, 0) is 25.5 Å². The molecule has 92 valence electrons. The van der Waals surface area contributed by atoms with Crippen LogP contribution >= 0.6 is 0 Å². The van der Waals surface area contributed by atoms with Crippen molar-refractivity contribution < 1.29 is 9.72 Å². The molecule has 0 bridgehead atoms. The van der Waals surface area contributed by atoms with E-state index in [1.165, 1.54) is 6.07 Å². The van der Waals surface area contributed by atoms with Crippen molar-refractivity contribution in [1.82, 2.24) is 0 Å². The fraction of sp³-hybridized carbons (Fsp3) is 0.364. The van der Waals surface area contributed by atoms with Crippen molar-refractivity contribution in [2.75, 3.05) is 11.9 Å². The summed E-state index contributed by atoms with van der Waals surface area (Å²) >= 11 is 0. The van der Waals surface area contributed by atoms with Gasteiger partial charge < -0.3 is 11.1 Å². The van der Waals surface area contributed by atoms with Crippen LogP contribution < -0.4 is 11.1 Å². The predicted molar refractivity (Wildman–Crippen MR) is 64.8 cm³/mol. The molecule has 0 unspecified atom stereocenters. The highest BCUT2D eigenvalue weighted by Gasteiger charge is 2.09. The third kappa shape index (κ3) is 4.10. The van der Waals surface area contributed by atoms with E-state index in [-0.39, 0.29) is 11.6 Å². The van der Waals surface area contributed by atoms with Crippen molar-refractivity contribution in [3.05, 3.63) is 33.9 Å². The summed E-state index contributed by atoms with van der Waals surface area (Å²) in [4.78, 5) is 20.7. The second-order valence-corrected chi connectivity index (χ2v) is 3.76. The van der Waals surface area contributed by atoms with Crippen LogP contribution in [0.4, 0.5) is 11.4 Å². The number of carbonyl (C=O) groups is 1. The van der Waals surface area contributed by atoms with Crippen molar-refractivity contribution in [2.24, 2.45) is 5.73 Å². The molecule has 0 heterocycles. The van der Waals surface area contributed by atoms with Crippen LogP contribution in [0.25, 0.3) is 0 Å². The molecule has 0 aliphatic carbocycles. The maximum atomic E-state index is 10.6. The van der Waals surface area contributed by atoms with Crippen molar-refractivity contribution in [2.45, 2.75) is 19.8 Å². The first-order valence-corrected chi connectivity index (χ1v) is 5.28. The molecule has 1 aromatic rings. The maximum absolute atomic E-state index is 10.6. The molecule has 1 aromatic carbocycles. The van der Waals surface area contributed by atoms with E-state index in [9.17, 15) is 14.9 Å². The number of rotatable bonds is 6. The van der Waals surface area contributed by atoms with Crippen LogP contribution in [0, 0.1) is 17.0 Å². The highest BCUT2D eigenvalue weighted by molar-refractivity contribution is 5.73. The van der Waals surface area contributed by atoms with Gasteiger partial charge in [0.2, 0.25) is 5.91 Å². The van der Waals surface area contributed by atoms with Crippen LogP contribution in [0.3, 0.4) is 0 Å². The van der Waals surface area contributed by atoms with Gasteiger partial charge in [0.15, 0.2) is 0 Å². The number of benzene rings is 1. The number of hydrogen-bond donors (Lipinski definition) is 2. The van der Waals surface area contributed by atoms with Gasteiger partial charge in [0.05, 0.1) is 4.92 Å². The number of nitrogens with zero attached hydrogens (tertiary/aromatic N) is 1. The van der Waals surface area contributed by atoms with Crippen LogP contribution in [-0.2, 0) is 4.79 Å². The number of carbonyl (C=O) groups excluding carboxylic acids is 1. The van der Waals surface area contributed by atoms with Gasteiger partial charge in [-0.2, -0.15) is 0 Å². The number of nitrogens with two attached hydrogens (primary N) is 1. The van der Waals surface area contributed by atoms with E-state index >= 15 is 0 Å². The average molecular weight is 237 g/mol. The molecule has 1 rings (SSSR count). The molecule has 0 fully saturated rings. The monoisotopic (exact) mass is 237 g/mol. The Morgan fingerprint density at radius 2 is 2.24 bits per heavy atom. The van der Waals surface area contributed by atoms with E-state index in [0.29, 0.717) is 24.9 Å². The number of primary amides is 1. The normalized spacial score (nSPS) is 9.94. The number of nitrogens with one attached hydrogen (secondary N) is 1. The molecule has 0 aromatic heterocycles. The van der Waals surface area contributed by atoms with E-state index in [1.807, 2.05) is 0 Å². The van der Waals surface area contributed by atoms with Gasteiger partial charge in [-0.15, -0.1) is 0 Å². The first-order valence-electron chi connectivity index (χ1n) is 5.28. The van der Waals surface area contributed by atoms with Gasteiger partial charge in [0.25, 0.3) is 5.69 Å². The minimum atomic E-state index is -0.411. The van der Waals surface area contributed by atoms with Crippen LogP contribution in [0.15, 0.2) is 18.2 Å². The van der Waals surface area contributed by atoms with Gasteiger partial charge in [-0.1, -0.05) is 0 Å². The van der Waals surface area contributed by atoms with Gasteiger partial charge in [-0.3, -0.25) is 14.9 Å². The largest absolute Gasteiger partial charge is 0.385 e. The molecule has 0 saturated heterocycles. The maximum Gasteiger partial charge on any atom is 0.272 e. The van der Waals surface area contributed by atoms with E-state index in [0.717, 1.165) is 5.69 Å². The van der Waals surface area contributed by atoms with Gasteiger partial charge in [0, 0.05) is 30.3 Å². The highest BCUT2D eigenvalue weighted by Crippen LogP contribution is 2.21. The molecule has 0 spiro atoms. The predicted octanol–water partition coefficient (Wildman–Crippen LogP) is 1.58. The Kier molecular flexibility index (Phi) is 4.45. The number of hydrogen-bond acceptors (Lipinski definition) is 4. The summed E-state index contributed by atoms with van der Waals surface area (Å²) in [6.07, 6.45) is 0.977. The molecule has 6 nitrogen and oxygen atoms in total. The molecule has 0 aliphatic rings. The van der Waals surface area contributed by atoms with E-state index in [1.54, 1.807) is 19.1 Å². The number of nitro groups is 1. The average Bonchev–Trinajstić information content (AvgIpc) is 2.23. The van der Waals surface area contributed by atoms with Crippen LogP contribution in [-0.4, -0.2) is 17.4 Å². The zero-order valence-electron chi connectivity index (χ0n) is 9.60. The van der Waals surface area contributed by atoms with Crippen LogP contribution in [0.1, 0.15) is 18.4 Å². The lowest BCUT2D eigenvalue weighted by Crippen LogP contribution is -2.12. The van der Waals surface area contributed by atoms with Crippen LogP contribution in [0.2, 0.25) is 0 Å². The third-order valence-electron chi connectivity index (χ3n) is 2.32. The number of anilines is 1. The molecule has 0 aliphatic heterocycles. The van der Waals surface area contributed by atoms with E-state index < -0.39 is 4.92 Å². The fourth-order valence-electron chi connectivity index (χ4n) is 1.47. The Hall–Kier alpha value is -2.11. The summed E-state index contributed by atoms with van der Waals surface area (Å²) in [7, 11) is 0. The zero-order valence-corrected chi connectivity index (χ0v) is 9.60. The van der Waals surface area contributed by atoms with Crippen molar-refractivity contribution in [3.63, 3.8) is 0 Å². The minimum Gasteiger partial charge on any atom is -0.385 e.